The minimum atomic E-state index is -1.01. The van der Waals surface area contributed by atoms with E-state index in [1.165, 1.54) is 0 Å². The summed E-state index contributed by atoms with van der Waals surface area (Å²) in [6, 6.07) is 17.1. The highest BCUT2D eigenvalue weighted by atomic mass is 35.5. The van der Waals surface area contributed by atoms with Crippen LogP contribution >= 0.6 is 23.2 Å². The lowest BCUT2D eigenvalue weighted by Gasteiger charge is -2.53. The molecule has 1 amide bonds. The predicted molar refractivity (Wildman–Crippen MR) is 144 cm³/mol. The first-order valence-electron chi connectivity index (χ1n) is 12.5. The van der Waals surface area contributed by atoms with Gasteiger partial charge in [-0.2, -0.15) is 5.26 Å². The maximum Gasteiger partial charge on any atom is 0.229 e. The Morgan fingerprint density at radius 2 is 1.83 bits per heavy atom. The van der Waals surface area contributed by atoms with E-state index in [9.17, 15) is 20.3 Å². The lowest BCUT2D eigenvalue weighted by molar-refractivity contribution is -0.158. The summed E-state index contributed by atoms with van der Waals surface area (Å²) in [6.45, 7) is 7.28. The van der Waals surface area contributed by atoms with Gasteiger partial charge in [0.15, 0.2) is 0 Å². The summed E-state index contributed by atoms with van der Waals surface area (Å²) < 4.78 is 0. The van der Waals surface area contributed by atoms with Crippen molar-refractivity contribution in [1.29, 1.82) is 5.26 Å². The average molecular weight is 532 g/mol. The quantitative estimate of drug-likeness (QED) is 0.386. The fourth-order valence-corrected chi connectivity index (χ4v) is 5.95. The number of aliphatic hydroxyl groups excluding tert-OH is 2. The SMILES string of the molecule is CC[C@@H](CC(C)(C)C#N)N1C(=O)[C@@](C)(CC(O)CO)C[C@H](c2cccc(Cl)c2)[C@H]1c1ccc(Cl)cc1. The molecule has 1 aliphatic heterocycles. The number of likely N-dealkylation sites (tertiary alicyclic amines) is 1. The molecule has 0 saturated carbocycles. The van der Waals surface area contributed by atoms with Gasteiger partial charge in [-0.1, -0.05) is 61.3 Å². The first kappa shape index (κ1) is 28.5. The lowest BCUT2D eigenvalue weighted by atomic mass is 9.66. The molecule has 5 atom stereocenters. The van der Waals surface area contributed by atoms with Crippen molar-refractivity contribution in [1.82, 2.24) is 4.90 Å². The molecular formula is C29H36Cl2N2O3. The molecule has 0 radical (unpaired) electrons. The molecule has 5 nitrogen and oxygen atoms in total. The maximum absolute atomic E-state index is 14.4. The molecule has 0 aliphatic carbocycles. The van der Waals surface area contributed by atoms with Gasteiger partial charge in [-0.05, 0) is 74.9 Å². The molecule has 1 fully saturated rings. The first-order chi connectivity index (χ1) is 16.9. The molecular weight excluding hydrogens is 495 g/mol. The highest BCUT2D eigenvalue weighted by Gasteiger charge is 2.52. The predicted octanol–water partition coefficient (Wildman–Crippen LogP) is 6.52. The van der Waals surface area contributed by atoms with Gasteiger partial charge >= 0.3 is 0 Å². The third-order valence-corrected chi connectivity index (χ3v) is 7.89. The Hall–Kier alpha value is -2.10. The summed E-state index contributed by atoms with van der Waals surface area (Å²) in [5.41, 5.74) is 0.410. The number of carbonyl (C=O) groups is 1. The third-order valence-electron chi connectivity index (χ3n) is 7.40. The van der Waals surface area contributed by atoms with E-state index in [1.807, 2.05) is 81.1 Å². The van der Waals surface area contributed by atoms with Gasteiger partial charge in [0.2, 0.25) is 5.91 Å². The van der Waals surface area contributed by atoms with E-state index >= 15 is 0 Å². The van der Waals surface area contributed by atoms with Crippen LogP contribution in [0.5, 0.6) is 0 Å². The molecule has 7 heteroatoms. The van der Waals surface area contributed by atoms with Crippen molar-refractivity contribution in [2.24, 2.45) is 10.8 Å². The Bertz CT molecular complexity index is 1100. The van der Waals surface area contributed by atoms with Crippen LogP contribution in [0.2, 0.25) is 10.0 Å². The van der Waals surface area contributed by atoms with Crippen molar-refractivity contribution in [2.45, 2.75) is 77.5 Å². The van der Waals surface area contributed by atoms with E-state index in [0.29, 0.717) is 29.3 Å². The number of benzene rings is 2. The smallest absolute Gasteiger partial charge is 0.229 e. The second-order valence-electron chi connectivity index (χ2n) is 10.9. The van der Waals surface area contributed by atoms with Crippen molar-refractivity contribution >= 4 is 29.1 Å². The number of nitriles is 1. The average Bonchev–Trinajstić information content (AvgIpc) is 2.84. The van der Waals surface area contributed by atoms with Crippen molar-refractivity contribution in [3.05, 3.63) is 69.7 Å². The van der Waals surface area contributed by atoms with Gasteiger partial charge < -0.3 is 15.1 Å². The van der Waals surface area contributed by atoms with Crippen LogP contribution in [-0.2, 0) is 4.79 Å². The molecule has 1 aliphatic rings. The van der Waals surface area contributed by atoms with Gasteiger partial charge in [0.1, 0.15) is 0 Å². The van der Waals surface area contributed by atoms with Crippen LogP contribution in [0.25, 0.3) is 0 Å². The Balaban J connectivity index is 2.24. The Morgan fingerprint density at radius 3 is 2.39 bits per heavy atom. The van der Waals surface area contributed by atoms with Crippen LogP contribution in [0, 0.1) is 22.2 Å². The number of carbonyl (C=O) groups excluding carboxylic acids is 1. The zero-order chi connectivity index (χ0) is 26.7. The van der Waals surface area contributed by atoms with Gasteiger partial charge in [0.25, 0.3) is 0 Å². The third kappa shape index (κ3) is 6.23. The monoisotopic (exact) mass is 530 g/mol. The van der Waals surface area contributed by atoms with Crippen molar-refractivity contribution in [3.8, 4) is 6.07 Å². The molecule has 36 heavy (non-hydrogen) atoms. The Kier molecular flexibility index (Phi) is 9.11. The van der Waals surface area contributed by atoms with Gasteiger partial charge in [-0.3, -0.25) is 4.79 Å². The van der Waals surface area contributed by atoms with Gasteiger partial charge in [0, 0.05) is 27.4 Å². The summed E-state index contributed by atoms with van der Waals surface area (Å²) in [6.07, 6.45) is 0.786. The van der Waals surface area contributed by atoms with Crippen LogP contribution in [0.4, 0.5) is 0 Å². The van der Waals surface area contributed by atoms with Crippen LogP contribution in [0.3, 0.4) is 0 Å². The zero-order valence-corrected chi connectivity index (χ0v) is 22.9. The van der Waals surface area contributed by atoms with Gasteiger partial charge in [-0.15, -0.1) is 0 Å². The van der Waals surface area contributed by atoms with Crippen LogP contribution in [0.15, 0.2) is 48.5 Å². The fourth-order valence-electron chi connectivity index (χ4n) is 5.63. The highest BCUT2D eigenvalue weighted by molar-refractivity contribution is 6.30. The van der Waals surface area contributed by atoms with E-state index in [2.05, 4.69) is 6.07 Å². The molecule has 1 saturated heterocycles. The number of aliphatic hydroxyl groups is 2. The molecule has 3 rings (SSSR count). The summed E-state index contributed by atoms with van der Waals surface area (Å²) in [5, 5.41) is 31.0. The van der Waals surface area contributed by atoms with Crippen LogP contribution < -0.4 is 0 Å². The van der Waals surface area contributed by atoms with Crippen molar-refractivity contribution in [2.75, 3.05) is 6.61 Å². The van der Waals surface area contributed by atoms with E-state index in [1.54, 1.807) is 0 Å². The Morgan fingerprint density at radius 1 is 1.17 bits per heavy atom. The number of hydrogen-bond donors (Lipinski definition) is 2. The topological polar surface area (TPSA) is 84.6 Å². The number of amides is 1. The first-order valence-corrected chi connectivity index (χ1v) is 13.2. The zero-order valence-electron chi connectivity index (χ0n) is 21.4. The molecule has 0 aromatic heterocycles. The molecule has 0 bridgehead atoms. The molecule has 2 aromatic rings. The molecule has 1 heterocycles. The van der Waals surface area contributed by atoms with E-state index in [0.717, 1.165) is 11.1 Å². The van der Waals surface area contributed by atoms with E-state index in [-0.39, 0.29) is 30.3 Å². The summed E-state index contributed by atoms with van der Waals surface area (Å²) in [5.74, 6) is -0.202. The minimum Gasteiger partial charge on any atom is -0.394 e. The standard InChI is InChI=1S/C29H36Cl2N2O3/c1-5-23(14-28(2,3)18-32)33-26(19-9-11-21(30)12-10-19)25(20-7-6-8-22(31)13-20)16-29(4,27(33)36)15-24(35)17-34/h6-13,23-26,34-35H,5,14-17H2,1-4H3/t23-,24?,25+,26+,29-/m0/s1. The van der Waals surface area contributed by atoms with Gasteiger partial charge in [-0.25, -0.2) is 0 Å². The van der Waals surface area contributed by atoms with Crippen molar-refractivity contribution < 1.29 is 15.0 Å². The summed E-state index contributed by atoms with van der Waals surface area (Å²) >= 11 is 12.6. The fraction of sp³-hybridized carbons (Fsp3) is 0.517. The number of rotatable bonds is 9. The summed E-state index contributed by atoms with van der Waals surface area (Å²) in [4.78, 5) is 16.3. The van der Waals surface area contributed by atoms with Crippen molar-refractivity contribution in [3.63, 3.8) is 0 Å². The second kappa shape index (κ2) is 11.5. The minimum absolute atomic E-state index is 0.0752. The second-order valence-corrected chi connectivity index (χ2v) is 11.8. The van der Waals surface area contributed by atoms with Crippen LogP contribution in [-0.4, -0.2) is 39.8 Å². The molecule has 2 aromatic carbocycles. The van der Waals surface area contributed by atoms with Gasteiger partial charge in [0.05, 0.1) is 30.2 Å². The van der Waals surface area contributed by atoms with E-state index in [4.69, 9.17) is 23.2 Å². The lowest BCUT2D eigenvalue weighted by Crippen LogP contribution is -2.57. The normalized spacial score (nSPS) is 24.3. The van der Waals surface area contributed by atoms with E-state index < -0.39 is 23.5 Å². The number of halogens is 2. The number of hydrogen-bond acceptors (Lipinski definition) is 4. The molecule has 194 valence electrons. The Labute approximate surface area is 224 Å². The maximum atomic E-state index is 14.4. The molecule has 0 spiro atoms. The summed E-state index contributed by atoms with van der Waals surface area (Å²) in [7, 11) is 0. The number of piperidine rings is 1. The molecule has 1 unspecified atom stereocenters. The highest BCUT2D eigenvalue weighted by Crippen LogP contribution is 2.53. The largest absolute Gasteiger partial charge is 0.394 e. The molecule has 2 N–H and O–H groups in total. The van der Waals surface area contributed by atoms with Crippen LogP contribution in [0.1, 0.15) is 76.5 Å². The number of nitrogens with zero attached hydrogens (tertiary/aromatic N) is 2.